The van der Waals surface area contributed by atoms with E-state index < -0.39 is 11.9 Å². The molecule has 0 spiro atoms. The topological polar surface area (TPSA) is 79.3 Å². The minimum absolute atomic E-state index is 0.0260. The number of hydrogen-bond donors (Lipinski definition) is 2. The fourth-order valence-electron chi connectivity index (χ4n) is 1.77. The summed E-state index contributed by atoms with van der Waals surface area (Å²) in [6.45, 7) is 3.78. The molecule has 2 rings (SSSR count). The number of carbonyl (C=O) groups excluding carboxylic acids is 1. The van der Waals surface area contributed by atoms with Gasteiger partial charge in [0.05, 0.1) is 5.92 Å². The number of nitrogens with zero attached hydrogens (tertiary/aromatic N) is 1. The van der Waals surface area contributed by atoms with E-state index in [0.29, 0.717) is 5.01 Å². The van der Waals surface area contributed by atoms with Crippen molar-refractivity contribution in [2.45, 2.75) is 26.2 Å². The van der Waals surface area contributed by atoms with Crippen molar-refractivity contribution in [3.63, 3.8) is 0 Å². The van der Waals surface area contributed by atoms with Gasteiger partial charge in [-0.1, -0.05) is 19.1 Å². The van der Waals surface area contributed by atoms with Crippen molar-refractivity contribution in [1.29, 1.82) is 0 Å². The minimum Gasteiger partial charge on any atom is -0.476 e. The number of aromatic nitrogens is 1. The largest absolute Gasteiger partial charge is 0.476 e. The maximum Gasteiger partial charge on any atom is 0.355 e. The molecule has 0 saturated heterocycles. The van der Waals surface area contributed by atoms with E-state index in [1.54, 1.807) is 6.92 Å². The molecule has 110 valence electrons. The van der Waals surface area contributed by atoms with E-state index in [0.717, 1.165) is 12.1 Å². The highest BCUT2D eigenvalue weighted by atomic mass is 32.1. The highest BCUT2D eigenvalue weighted by Crippen LogP contribution is 2.22. The van der Waals surface area contributed by atoms with Crippen LogP contribution in [0, 0.1) is 0 Å². The summed E-state index contributed by atoms with van der Waals surface area (Å²) in [7, 11) is 0. The van der Waals surface area contributed by atoms with Crippen LogP contribution in [0.15, 0.2) is 29.6 Å². The van der Waals surface area contributed by atoms with E-state index in [2.05, 4.69) is 17.2 Å². The zero-order valence-corrected chi connectivity index (χ0v) is 12.6. The number of anilines is 1. The molecule has 0 aliphatic heterocycles. The smallest absolute Gasteiger partial charge is 0.355 e. The number of benzene rings is 1. The molecule has 1 aromatic carbocycles. The molecule has 0 radical (unpaired) electrons. The predicted octanol–water partition coefficient (Wildman–Crippen LogP) is 3.15. The Morgan fingerprint density at radius 3 is 2.52 bits per heavy atom. The van der Waals surface area contributed by atoms with Crippen molar-refractivity contribution < 1.29 is 14.7 Å². The summed E-state index contributed by atoms with van der Waals surface area (Å²) in [5.74, 6) is -1.78. The first-order valence-electron chi connectivity index (χ1n) is 6.59. The number of carboxylic acids is 1. The summed E-state index contributed by atoms with van der Waals surface area (Å²) in [6, 6.07) is 7.64. The van der Waals surface area contributed by atoms with Crippen LogP contribution in [0.25, 0.3) is 0 Å². The summed E-state index contributed by atoms with van der Waals surface area (Å²) in [4.78, 5) is 26.9. The quantitative estimate of drug-likeness (QED) is 0.889. The van der Waals surface area contributed by atoms with Crippen molar-refractivity contribution in [2.24, 2.45) is 0 Å². The first kappa shape index (κ1) is 15.2. The van der Waals surface area contributed by atoms with E-state index in [-0.39, 0.29) is 11.6 Å². The molecule has 0 aliphatic rings. The molecular weight excluding hydrogens is 288 g/mol. The van der Waals surface area contributed by atoms with Crippen LogP contribution in [0.2, 0.25) is 0 Å². The van der Waals surface area contributed by atoms with E-state index in [1.165, 1.54) is 22.3 Å². The number of carbonyl (C=O) groups is 2. The molecule has 0 aliphatic carbocycles. The maximum absolute atomic E-state index is 12.2. The molecular formula is C15H16N2O3S. The second-order valence-electron chi connectivity index (χ2n) is 4.64. The van der Waals surface area contributed by atoms with Crippen LogP contribution in [0.5, 0.6) is 0 Å². The van der Waals surface area contributed by atoms with Crippen LogP contribution in [-0.4, -0.2) is 22.0 Å². The summed E-state index contributed by atoms with van der Waals surface area (Å²) in [5.41, 5.74) is 1.90. The van der Waals surface area contributed by atoms with Crippen molar-refractivity contribution in [3.8, 4) is 0 Å². The first-order chi connectivity index (χ1) is 10.0. The Hall–Kier alpha value is -2.21. The van der Waals surface area contributed by atoms with Gasteiger partial charge in [-0.2, -0.15) is 0 Å². The van der Waals surface area contributed by atoms with Crippen molar-refractivity contribution in [3.05, 3.63) is 45.9 Å². The summed E-state index contributed by atoms with van der Waals surface area (Å²) < 4.78 is 0. The van der Waals surface area contributed by atoms with Crippen LogP contribution in [-0.2, 0) is 11.2 Å². The third-order valence-electron chi connectivity index (χ3n) is 3.13. The zero-order valence-electron chi connectivity index (χ0n) is 11.8. The van der Waals surface area contributed by atoms with Crippen molar-refractivity contribution >= 4 is 28.9 Å². The fourth-order valence-corrected chi connectivity index (χ4v) is 2.62. The lowest BCUT2D eigenvalue weighted by atomic mass is 10.1. The summed E-state index contributed by atoms with van der Waals surface area (Å²) >= 11 is 1.18. The number of nitrogens with one attached hydrogen (secondary N) is 1. The number of rotatable bonds is 5. The number of aromatic carboxylic acids is 1. The van der Waals surface area contributed by atoms with Gasteiger partial charge in [-0.15, -0.1) is 11.3 Å². The molecule has 6 heteroatoms. The van der Waals surface area contributed by atoms with Gasteiger partial charge < -0.3 is 10.4 Å². The highest BCUT2D eigenvalue weighted by molar-refractivity contribution is 7.10. The second kappa shape index (κ2) is 6.49. The van der Waals surface area contributed by atoms with E-state index in [4.69, 9.17) is 5.11 Å². The SMILES string of the molecule is CCc1ccc(NC(=O)[C@@H](C)c2nc(C(=O)O)cs2)cc1. The average molecular weight is 304 g/mol. The second-order valence-corrected chi connectivity index (χ2v) is 5.53. The summed E-state index contributed by atoms with van der Waals surface area (Å²) in [6.07, 6.45) is 0.946. The Labute approximate surface area is 126 Å². The number of aryl methyl sites for hydroxylation is 1. The van der Waals surface area contributed by atoms with Crippen molar-refractivity contribution in [1.82, 2.24) is 4.98 Å². The molecule has 5 nitrogen and oxygen atoms in total. The molecule has 1 heterocycles. The molecule has 1 aromatic heterocycles. The molecule has 2 N–H and O–H groups in total. The lowest BCUT2D eigenvalue weighted by molar-refractivity contribution is -0.117. The Kier molecular flexibility index (Phi) is 4.70. The molecule has 1 atom stereocenters. The van der Waals surface area contributed by atoms with E-state index >= 15 is 0 Å². The number of hydrogen-bond acceptors (Lipinski definition) is 4. The molecule has 2 aromatic rings. The van der Waals surface area contributed by atoms with E-state index in [9.17, 15) is 9.59 Å². The van der Waals surface area contributed by atoms with Crippen LogP contribution >= 0.6 is 11.3 Å². The van der Waals surface area contributed by atoms with Gasteiger partial charge in [0.15, 0.2) is 5.69 Å². The Morgan fingerprint density at radius 2 is 2.00 bits per heavy atom. The van der Waals surface area contributed by atoms with Gasteiger partial charge >= 0.3 is 5.97 Å². The van der Waals surface area contributed by atoms with Gasteiger partial charge in [-0.3, -0.25) is 4.79 Å². The Morgan fingerprint density at radius 1 is 1.33 bits per heavy atom. The van der Waals surface area contributed by atoms with E-state index in [1.807, 2.05) is 24.3 Å². The van der Waals surface area contributed by atoms with Crippen LogP contribution in [0.1, 0.15) is 40.8 Å². The van der Waals surface area contributed by atoms with Gasteiger partial charge in [0.1, 0.15) is 5.01 Å². The third kappa shape index (κ3) is 3.66. The van der Waals surface area contributed by atoms with Gasteiger partial charge in [-0.05, 0) is 31.0 Å². The van der Waals surface area contributed by atoms with Gasteiger partial charge in [-0.25, -0.2) is 9.78 Å². The Bertz CT molecular complexity index is 649. The number of amides is 1. The Balaban J connectivity index is 2.05. The molecule has 0 fully saturated rings. The van der Waals surface area contributed by atoms with Crippen LogP contribution < -0.4 is 5.32 Å². The molecule has 0 bridgehead atoms. The number of carboxylic acid groups (broad SMARTS) is 1. The zero-order chi connectivity index (χ0) is 15.4. The highest BCUT2D eigenvalue weighted by Gasteiger charge is 2.20. The van der Waals surface area contributed by atoms with Gasteiger partial charge in [0, 0.05) is 11.1 Å². The normalized spacial score (nSPS) is 11.9. The minimum atomic E-state index is -1.08. The van der Waals surface area contributed by atoms with Crippen molar-refractivity contribution in [2.75, 3.05) is 5.32 Å². The molecule has 1 amide bonds. The fraction of sp³-hybridized carbons (Fsp3) is 0.267. The molecule has 0 unspecified atom stereocenters. The molecule has 0 saturated carbocycles. The first-order valence-corrected chi connectivity index (χ1v) is 7.47. The summed E-state index contributed by atoms with van der Waals surface area (Å²) in [5, 5.41) is 13.6. The van der Waals surface area contributed by atoms with Crippen LogP contribution in [0.3, 0.4) is 0 Å². The van der Waals surface area contributed by atoms with Crippen LogP contribution in [0.4, 0.5) is 5.69 Å². The third-order valence-corrected chi connectivity index (χ3v) is 4.16. The predicted molar refractivity (Wildman–Crippen MR) is 81.9 cm³/mol. The van der Waals surface area contributed by atoms with Gasteiger partial charge in [0.25, 0.3) is 0 Å². The lowest BCUT2D eigenvalue weighted by Crippen LogP contribution is -2.18. The average Bonchev–Trinajstić information content (AvgIpc) is 2.97. The number of thiazole rings is 1. The standard InChI is InChI=1S/C15H16N2O3S/c1-3-10-4-6-11(7-5-10)16-13(18)9(2)14-17-12(8-21-14)15(19)20/h4-9H,3H2,1-2H3,(H,16,18)(H,19,20)/t9-/m1/s1. The lowest BCUT2D eigenvalue weighted by Gasteiger charge is -2.10. The molecule has 21 heavy (non-hydrogen) atoms. The maximum atomic E-state index is 12.2. The van der Waals surface area contributed by atoms with Gasteiger partial charge in [0.2, 0.25) is 5.91 Å². The monoisotopic (exact) mass is 304 g/mol.